The molecule has 0 saturated carbocycles. The van der Waals surface area contributed by atoms with Crippen LogP contribution >= 0.6 is 11.3 Å². The van der Waals surface area contributed by atoms with Gasteiger partial charge in [-0.15, -0.1) is 11.3 Å². The predicted molar refractivity (Wildman–Crippen MR) is 227 cm³/mol. The summed E-state index contributed by atoms with van der Waals surface area (Å²) in [5, 5.41) is 9.59. The number of hydrogen-bond acceptors (Lipinski definition) is 3. The standard InChI is InChI=1S/C50H31NOS/c1-3-14-32(15-4-1)36-30-31-44(47-46-41-21-9-7-18-38(41)39-19-8-10-22-42(39)49(46)52-48(36)47)51(34-16-5-2-6-17-34)35-28-26-33(27-29-35)37-23-13-24-43-40-20-11-12-25-45(40)53-50(37)43/h1-31H. The van der Waals surface area contributed by atoms with Gasteiger partial charge in [-0.2, -0.15) is 0 Å². The highest BCUT2D eigenvalue weighted by atomic mass is 32.1. The smallest absolute Gasteiger partial charge is 0.145 e. The van der Waals surface area contributed by atoms with E-state index in [9.17, 15) is 0 Å². The van der Waals surface area contributed by atoms with E-state index in [0.717, 1.165) is 55.5 Å². The van der Waals surface area contributed by atoms with Gasteiger partial charge in [0.2, 0.25) is 0 Å². The van der Waals surface area contributed by atoms with Crippen LogP contribution in [-0.2, 0) is 0 Å². The maximum absolute atomic E-state index is 7.14. The van der Waals surface area contributed by atoms with Crippen molar-refractivity contribution in [3.8, 4) is 22.3 Å². The largest absolute Gasteiger partial charge is 0.455 e. The van der Waals surface area contributed by atoms with Gasteiger partial charge in [-0.3, -0.25) is 0 Å². The lowest BCUT2D eigenvalue weighted by Gasteiger charge is -2.27. The van der Waals surface area contributed by atoms with E-state index in [4.69, 9.17) is 4.42 Å². The molecule has 0 radical (unpaired) electrons. The fourth-order valence-corrected chi connectivity index (χ4v) is 9.52. The fourth-order valence-electron chi connectivity index (χ4n) is 8.29. The van der Waals surface area contributed by atoms with Crippen LogP contribution in [0.1, 0.15) is 0 Å². The molecule has 248 valence electrons. The third kappa shape index (κ3) is 4.64. The molecular weight excluding hydrogens is 663 g/mol. The Hall–Kier alpha value is -6.68. The highest BCUT2D eigenvalue weighted by Gasteiger charge is 2.25. The maximum atomic E-state index is 7.14. The van der Waals surface area contributed by atoms with Crippen molar-refractivity contribution in [1.82, 2.24) is 0 Å². The number of rotatable bonds is 5. The predicted octanol–water partition coefficient (Wildman–Crippen LogP) is 15.1. The minimum Gasteiger partial charge on any atom is -0.455 e. The molecule has 0 spiro atoms. The van der Waals surface area contributed by atoms with Crippen LogP contribution in [-0.4, -0.2) is 0 Å². The number of para-hydroxylation sites is 1. The highest BCUT2D eigenvalue weighted by molar-refractivity contribution is 7.26. The lowest BCUT2D eigenvalue weighted by molar-refractivity contribution is 0.674. The topological polar surface area (TPSA) is 16.4 Å². The zero-order valence-corrected chi connectivity index (χ0v) is 29.5. The van der Waals surface area contributed by atoms with E-state index in [1.54, 1.807) is 0 Å². The number of furan rings is 1. The summed E-state index contributed by atoms with van der Waals surface area (Å²) in [4.78, 5) is 2.39. The molecule has 0 aliphatic rings. The normalized spacial score (nSPS) is 11.8. The van der Waals surface area contributed by atoms with Crippen LogP contribution in [0.2, 0.25) is 0 Å². The summed E-state index contributed by atoms with van der Waals surface area (Å²) in [5.74, 6) is 0. The lowest BCUT2D eigenvalue weighted by Crippen LogP contribution is -2.10. The molecule has 11 rings (SSSR count). The molecule has 3 heteroatoms. The lowest BCUT2D eigenvalue weighted by atomic mass is 9.94. The van der Waals surface area contributed by atoms with Crippen molar-refractivity contribution in [3.63, 3.8) is 0 Å². The van der Waals surface area contributed by atoms with Crippen LogP contribution in [0.3, 0.4) is 0 Å². The summed E-state index contributed by atoms with van der Waals surface area (Å²) >= 11 is 1.87. The van der Waals surface area contributed by atoms with Crippen LogP contribution in [0.15, 0.2) is 192 Å². The first-order chi connectivity index (χ1) is 26.3. The van der Waals surface area contributed by atoms with Crippen molar-refractivity contribution in [2.24, 2.45) is 0 Å². The van der Waals surface area contributed by atoms with Gasteiger partial charge in [-0.1, -0.05) is 146 Å². The Balaban J connectivity index is 1.19. The third-order valence-corrected chi connectivity index (χ3v) is 11.9. The van der Waals surface area contributed by atoms with E-state index in [1.165, 1.54) is 47.5 Å². The number of nitrogens with zero attached hydrogens (tertiary/aromatic N) is 1. The van der Waals surface area contributed by atoms with Gasteiger partial charge in [0.1, 0.15) is 11.2 Å². The van der Waals surface area contributed by atoms with Crippen LogP contribution in [0.25, 0.3) is 85.9 Å². The van der Waals surface area contributed by atoms with Crippen molar-refractivity contribution >= 4 is 92.1 Å². The Morgan fingerprint density at radius 1 is 0.358 bits per heavy atom. The van der Waals surface area contributed by atoms with Crippen molar-refractivity contribution < 1.29 is 4.42 Å². The molecule has 0 bridgehead atoms. The summed E-state index contributed by atoms with van der Waals surface area (Å²) < 4.78 is 9.78. The molecule has 0 unspecified atom stereocenters. The SMILES string of the molecule is c1ccc(-c2ccc(N(c3ccccc3)c3ccc(-c4cccc5c4sc4ccccc45)cc3)c3c2oc2c4ccccc4c4ccccc4c23)cc1. The van der Waals surface area contributed by atoms with Gasteiger partial charge < -0.3 is 9.32 Å². The van der Waals surface area contributed by atoms with E-state index >= 15 is 0 Å². The number of hydrogen-bond donors (Lipinski definition) is 0. The monoisotopic (exact) mass is 693 g/mol. The van der Waals surface area contributed by atoms with Crippen molar-refractivity contribution in [1.29, 1.82) is 0 Å². The Bertz CT molecular complexity index is 3160. The minimum absolute atomic E-state index is 0.888. The summed E-state index contributed by atoms with van der Waals surface area (Å²) in [6, 6.07) is 67.7. The van der Waals surface area contributed by atoms with Crippen molar-refractivity contribution in [2.75, 3.05) is 4.90 Å². The molecule has 11 aromatic rings. The number of thiophene rings is 1. The zero-order chi connectivity index (χ0) is 34.9. The zero-order valence-electron chi connectivity index (χ0n) is 28.7. The van der Waals surface area contributed by atoms with Gasteiger partial charge in [0.05, 0.1) is 11.1 Å². The quantitative estimate of drug-likeness (QED) is 0.167. The molecule has 0 atom stereocenters. The molecule has 0 fully saturated rings. The Morgan fingerprint density at radius 3 is 1.72 bits per heavy atom. The molecule has 0 aliphatic carbocycles. The second-order valence-electron chi connectivity index (χ2n) is 13.6. The Labute approximate surface area is 310 Å². The Morgan fingerprint density at radius 2 is 0.943 bits per heavy atom. The van der Waals surface area contributed by atoms with Crippen LogP contribution in [0, 0.1) is 0 Å². The molecule has 2 aromatic heterocycles. The number of anilines is 3. The van der Waals surface area contributed by atoms with Crippen LogP contribution in [0.4, 0.5) is 17.1 Å². The average molecular weight is 694 g/mol. The first-order valence-corrected chi connectivity index (χ1v) is 18.8. The van der Waals surface area contributed by atoms with E-state index in [2.05, 4.69) is 193 Å². The van der Waals surface area contributed by atoms with Crippen molar-refractivity contribution in [2.45, 2.75) is 0 Å². The summed E-state index contributed by atoms with van der Waals surface area (Å²) in [6.45, 7) is 0. The van der Waals surface area contributed by atoms with Gasteiger partial charge in [0.25, 0.3) is 0 Å². The first-order valence-electron chi connectivity index (χ1n) is 18.0. The first kappa shape index (κ1) is 30.0. The van der Waals surface area contributed by atoms with Crippen LogP contribution in [0.5, 0.6) is 0 Å². The molecule has 9 aromatic carbocycles. The second kappa shape index (κ2) is 11.9. The van der Waals surface area contributed by atoms with E-state index in [1.807, 2.05) is 11.3 Å². The van der Waals surface area contributed by atoms with Crippen LogP contribution < -0.4 is 4.90 Å². The third-order valence-electron chi connectivity index (χ3n) is 10.7. The van der Waals surface area contributed by atoms with E-state index < -0.39 is 0 Å². The summed E-state index contributed by atoms with van der Waals surface area (Å²) in [5.41, 5.74) is 9.71. The Kier molecular flexibility index (Phi) is 6.76. The van der Waals surface area contributed by atoms with Crippen molar-refractivity contribution in [3.05, 3.63) is 188 Å². The molecular formula is C50H31NOS. The van der Waals surface area contributed by atoms with Gasteiger partial charge in [-0.25, -0.2) is 0 Å². The maximum Gasteiger partial charge on any atom is 0.145 e. The average Bonchev–Trinajstić information content (AvgIpc) is 3.83. The number of fused-ring (bicyclic) bond motifs is 11. The van der Waals surface area contributed by atoms with Gasteiger partial charge in [0, 0.05) is 47.9 Å². The summed E-state index contributed by atoms with van der Waals surface area (Å²) in [6.07, 6.45) is 0. The molecule has 0 aliphatic heterocycles. The fraction of sp³-hybridized carbons (Fsp3) is 0. The highest BCUT2D eigenvalue weighted by Crippen LogP contribution is 2.50. The van der Waals surface area contributed by atoms with Gasteiger partial charge >= 0.3 is 0 Å². The molecule has 2 heterocycles. The minimum atomic E-state index is 0.888. The van der Waals surface area contributed by atoms with Gasteiger partial charge in [-0.05, 0) is 75.3 Å². The number of benzene rings is 9. The molecule has 0 amide bonds. The van der Waals surface area contributed by atoms with E-state index in [0.29, 0.717) is 0 Å². The molecule has 0 saturated heterocycles. The molecule has 0 N–H and O–H groups in total. The summed E-state index contributed by atoms with van der Waals surface area (Å²) in [7, 11) is 0. The van der Waals surface area contributed by atoms with Gasteiger partial charge in [0.15, 0.2) is 0 Å². The molecule has 2 nitrogen and oxygen atoms in total. The second-order valence-corrected chi connectivity index (χ2v) is 14.7. The van der Waals surface area contributed by atoms with E-state index in [-0.39, 0.29) is 0 Å². The molecule has 53 heavy (non-hydrogen) atoms.